The number of rotatable bonds is 4. The van der Waals surface area contributed by atoms with Crippen molar-refractivity contribution in [1.29, 1.82) is 0 Å². The van der Waals surface area contributed by atoms with Crippen LogP contribution in [0.1, 0.15) is 32.6 Å². The summed E-state index contributed by atoms with van der Waals surface area (Å²) in [6, 6.07) is 0.784. The van der Waals surface area contributed by atoms with Crippen molar-refractivity contribution in [3.63, 3.8) is 0 Å². The lowest BCUT2D eigenvalue weighted by molar-refractivity contribution is 0.267. The fourth-order valence-corrected chi connectivity index (χ4v) is 2.08. The molecule has 1 aromatic heterocycles. The second-order valence-corrected chi connectivity index (χ2v) is 4.41. The number of anilines is 2. The van der Waals surface area contributed by atoms with Crippen LogP contribution in [-0.4, -0.2) is 10.5 Å². The Labute approximate surface area is 98.6 Å². The van der Waals surface area contributed by atoms with Gasteiger partial charge in [-0.15, -0.1) is 0 Å². The summed E-state index contributed by atoms with van der Waals surface area (Å²) in [4.78, 5) is 3.81. The van der Waals surface area contributed by atoms with Gasteiger partial charge in [0.15, 0.2) is 23.3 Å². The van der Waals surface area contributed by atoms with Gasteiger partial charge in [0.1, 0.15) is 0 Å². The van der Waals surface area contributed by atoms with Crippen LogP contribution in [0, 0.1) is 11.6 Å². The van der Waals surface area contributed by atoms with E-state index in [0.717, 1.165) is 31.7 Å². The average Bonchev–Trinajstić information content (AvgIpc) is 2.26. The van der Waals surface area contributed by atoms with Crippen molar-refractivity contribution < 1.29 is 8.78 Å². The number of pyridine rings is 1. The van der Waals surface area contributed by atoms with Crippen LogP contribution in [0.4, 0.5) is 20.4 Å². The maximum absolute atomic E-state index is 13.6. The van der Waals surface area contributed by atoms with Crippen molar-refractivity contribution in [1.82, 2.24) is 4.98 Å². The van der Waals surface area contributed by atoms with E-state index in [4.69, 9.17) is 5.84 Å². The smallest absolute Gasteiger partial charge is 0.178 e. The molecule has 0 aromatic carbocycles. The Bertz CT molecular complexity index is 413. The quantitative estimate of drug-likeness (QED) is 0.560. The molecule has 2 rings (SSSR count). The lowest BCUT2D eigenvalue weighted by atomic mass is 9.75. The third-order valence-corrected chi connectivity index (χ3v) is 3.44. The molecule has 6 heteroatoms. The number of aromatic nitrogens is 1. The van der Waals surface area contributed by atoms with Crippen LogP contribution in [0.3, 0.4) is 0 Å². The second kappa shape index (κ2) is 4.44. The predicted octanol–water partition coefficient (Wildman–Crippen LogP) is 2.39. The number of hydrazine groups is 1. The normalized spacial score (nSPS) is 17.4. The number of nitrogen functional groups attached to an aromatic ring is 1. The monoisotopic (exact) mass is 242 g/mol. The Morgan fingerprint density at radius 1 is 1.35 bits per heavy atom. The van der Waals surface area contributed by atoms with Gasteiger partial charge in [0, 0.05) is 11.6 Å². The Morgan fingerprint density at radius 3 is 2.47 bits per heavy atom. The zero-order valence-electron chi connectivity index (χ0n) is 9.69. The molecule has 1 saturated carbocycles. The minimum Gasteiger partial charge on any atom is -0.362 e. The third kappa shape index (κ3) is 2.17. The van der Waals surface area contributed by atoms with Gasteiger partial charge in [0.05, 0.1) is 0 Å². The molecule has 1 aliphatic carbocycles. The van der Waals surface area contributed by atoms with Crippen molar-refractivity contribution >= 4 is 11.6 Å². The Balaban J connectivity index is 2.26. The summed E-state index contributed by atoms with van der Waals surface area (Å²) in [5.41, 5.74) is 2.01. The molecule has 17 heavy (non-hydrogen) atoms. The Morgan fingerprint density at radius 2 is 2.00 bits per heavy atom. The van der Waals surface area contributed by atoms with Gasteiger partial charge in [-0.2, -0.15) is 0 Å². The van der Waals surface area contributed by atoms with Crippen molar-refractivity contribution in [2.75, 3.05) is 10.7 Å². The van der Waals surface area contributed by atoms with Crippen molar-refractivity contribution in [2.45, 2.75) is 38.1 Å². The molecule has 1 aromatic rings. The van der Waals surface area contributed by atoms with E-state index in [1.807, 2.05) is 6.92 Å². The minimum atomic E-state index is -0.797. The zero-order chi connectivity index (χ0) is 12.5. The number of halogens is 2. The van der Waals surface area contributed by atoms with E-state index in [1.54, 1.807) is 0 Å². The highest BCUT2D eigenvalue weighted by molar-refractivity contribution is 5.48. The van der Waals surface area contributed by atoms with Gasteiger partial charge >= 0.3 is 0 Å². The zero-order valence-corrected chi connectivity index (χ0v) is 9.69. The first kappa shape index (κ1) is 12.0. The molecule has 0 saturated heterocycles. The van der Waals surface area contributed by atoms with E-state index in [-0.39, 0.29) is 17.2 Å². The van der Waals surface area contributed by atoms with Crippen LogP contribution in [0.5, 0.6) is 0 Å². The highest BCUT2D eigenvalue weighted by Crippen LogP contribution is 2.38. The summed E-state index contributed by atoms with van der Waals surface area (Å²) in [7, 11) is 0. The molecule has 1 aliphatic rings. The first-order chi connectivity index (χ1) is 8.10. The Kier molecular flexibility index (Phi) is 3.15. The van der Waals surface area contributed by atoms with Crippen LogP contribution in [0.2, 0.25) is 0 Å². The predicted molar refractivity (Wildman–Crippen MR) is 62.5 cm³/mol. The molecule has 0 spiro atoms. The average molecular weight is 242 g/mol. The van der Waals surface area contributed by atoms with Crippen LogP contribution in [0.15, 0.2) is 6.07 Å². The van der Waals surface area contributed by atoms with Crippen molar-refractivity contribution in [3.8, 4) is 0 Å². The fourth-order valence-electron chi connectivity index (χ4n) is 2.08. The van der Waals surface area contributed by atoms with E-state index in [2.05, 4.69) is 15.7 Å². The number of nitrogens with one attached hydrogen (secondary N) is 2. The first-order valence-corrected chi connectivity index (χ1v) is 5.71. The molecule has 4 nitrogen and oxygen atoms in total. The number of hydrogen-bond acceptors (Lipinski definition) is 4. The van der Waals surface area contributed by atoms with Gasteiger partial charge in [-0.25, -0.2) is 19.6 Å². The highest BCUT2D eigenvalue weighted by atomic mass is 19.1. The van der Waals surface area contributed by atoms with Crippen LogP contribution in [0.25, 0.3) is 0 Å². The van der Waals surface area contributed by atoms with E-state index < -0.39 is 11.6 Å². The largest absolute Gasteiger partial charge is 0.362 e. The molecule has 0 radical (unpaired) electrons. The summed E-state index contributed by atoms with van der Waals surface area (Å²) in [6.45, 7) is 2.04. The van der Waals surface area contributed by atoms with Crippen LogP contribution < -0.4 is 16.6 Å². The van der Waals surface area contributed by atoms with Gasteiger partial charge in [0.2, 0.25) is 0 Å². The molecular formula is C11H16F2N4. The van der Waals surface area contributed by atoms with Crippen molar-refractivity contribution in [2.24, 2.45) is 5.84 Å². The highest BCUT2D eigenvalue weighted by Gasteiger charge is 2.36. The number of nitrogens with two attached hydrogens (primary N) is 1. The van der Waals surface area contributed by atoms with Crippen molar-refractivity contribution in [3.05, 3.63) is 17.7 Å². The van der Waals surface area contributed by atoms with Gasteiger partial charge in [-0.1, -0.05) is 6.92 Å². The number of nitrogens with zero attached hydrogens (tertiary/aromatic N) is 1. The third-order valence-electron chi connectivity index (χ3n) is 3.44. The maximum Gasteiger partial charge on any atom is 0.178 e. The lowest BCUT2D eigenvalue weighted by Crippen LogP contribution is -2.44. The molecule has 0 atom stereocenters. The fraction of sp³-hybridized carbons (Fsp3) is 0.545. The topological polar surface area (TPSA) is 63.0 Å². The molecule has 0 unspecified atom stereocenters. The van der Waals surface area contributed by atoms with E-state index in [0.29, 0.717) is 0 Å². The summed E-state index contributed by atoms with van der Waals surface area (Å²) in [5.74, 6) is 3.52. The molecule has 1 fully saturated rings. The molecule has 0 aliphatic heterocycles. The molecule has 0 amide bonds. The standard InChI is InChI=1S/C11H16F2N4/c1-2-11(4-3-5-11)16-9-7(12)6-8(13)10(15-9)17-14/h6H,2-5,14H2,1H3,(H2,15,16,17). The molecule has 4 N–H and O–H groups in total. The molecule has 0 bridgehead atoms. The van der Waals surface area contributed by atoms with Gasteiger partial charge in [-0.3, -0.25) is 0 Å². The van der Waals surface area contributed by atoms with Gasteiger partial charge < -0.3 is 10.7 Å². The van der Waals surface area contributed by atoms with Crippen LogP contribution in [-0.2, 0) is 0 Å². The lowest BCUT2D eigenvalue weighted by Gasteiger charge is -2.42. The second-order valence-electron chi connectivity index (χ2n) is 4.41. The maximum atomic E-state index is 13.6. The van der Waals surface area contributed by atoms with E-state index in [1.165, 1.54) is 0 Å². The SMILES string of the molecule is CCC1(Nc2nc(NN)c(F)cc2F)CCC1. The van der Waals surface area contributed by atoms with Crippen LogP contribution >= 0.6 is 0 Å². The van der Waals surface area contributed by atoms with E-state index >= 15 is 0 Å². The van der Waals surface area contributed by atoms with Gasteiger partial charge in [-0.05, 0) is 25.7 Å². The minimum absolute atomic E-state index is 0.0564. The molecule has 1 heterocycles. The number of hydrogen-bond donors (Lipinski definition) is 3. The first-order valence-electron chi connectivity index (χ1n) is 5.71. The van der Waals surface area contributed by atoms with E-state index in [9.17, 15) is 8.78 Å². The molecule has 94 valence electrons. The summed E-state index contributed by atoms with van der Waals surface area (Å²) in [5, 5.41) is 3.06. The summed E-state index contributed by atoms with van der Waals surface area (Å²) < 4.78 is 26.7. The van der Waals surface area contributed by atoms with Gasteiger partial charge in [0.25, 0.3) is 0 Å². The summed E-state index contributed by atoms with van der Waals surface area (Å²) >= 11 is 0. The summed E-state index contributed by atoms with van der Waals surface area (Å²) in [6.07, 6.45) is 3.96. The Hall–Kier alpha value is -1.43. The molecular weight excluding hydrogens is 226 g/mol.